The van der Waals surface area contributed by atoms with Crippen LogP contribution in [0.5, 0.6) is 0 Å². The van der Waals surface area contributed by atoms with E-state index >= 15 is 0 Å². The van der Waals surface area contributed by atoms with Crippen molar-refractivity contribution in [3.8, 4) is 0 Å². The summed E-state index contributed by atoms with van der Waals surface area (Å²) in [5.74, 6) is -1.25. The number of aromatic nitrogens is 1. The van der Waals surface area contributed by atoms with Gasteiger partial charge in [-0.25, -0.2) is 9.78 Å². The number of rotatable bonds is 6. The van der Waals surface area contributed by atoms with Gasteiger partial charge in [0.25, 0.3) is 0 Å². The molecule has 3 amide bonds. The molecule has 1 aromatic heterocycles. The average Bonchev–Trinajstić information content (AvgIpc) is 3.47. The predicted molar refractivity (Wildman–Crippen MR) is 148 cm³/mol. The van der Waals surface area contributed by atoms with Crippen LogP contribution in [0.4, 0.5) is 0 Å². The van der Waals surface area contributed by atoms with E-state index in [1.165, 1.54) is 23.1 Å². The third kappa shape index (κ3) is 8.05. The minimum absolute atomic E-state index is 0.0850. The number of nitrogens with one attached hydrogen (secondary N) is 3. The fourth-order valence-corrected chi connectivity index (χ4v) is 5.66. The van der Waals surface area contributed by atoms with Gasteiger partial charge in [0.2, 0.25) is 17.7 Å². The van der Waals surface area contributed by atoms with E-state index in [0.717, 1.165) is 0 Å². The average molecular weight is 568 g/mol. The van der Waals surface area contributed by atoms with Gasteiger partial charge in [-0.05, 0) is 32.3 Å². The van der Waals surface area contributed by atoms with E-state index in [1.807, 2.05) is 26.2 Å². The lowest BCUT2D eigenvalue weighted by molar-refractivity contribution is -0.153. The molecule has 1 aromatic rings. The highest BCUT2D eigenvalue weighted by Crippen LogP contribution is 2.32. The van der Waals surface area contributed by atoms with E-state index in [2.05, 4.69) is 38.6 Å². The van der Waals surface area contributed by atoms with Gasteiger partial charge < -0.3 is 20.7 Å². The molecule has 0 saturated carbocycles. The minimum Gasteiger partial charge on any atom is -0.456 e. The third-order valence-electron chi connectivity index (χ3n) is 5.79. The largest absolute Gasteiger partial charge is 0.456 e. The number of hydrogen-bond acceptors (Lipinski definition) is 10. The van der Waals surface area contributed by atoms with Crippen LogP contribution in [0.25, 0.3) is 0 Å². The second-order valence-corrected chi connectivity index (χ2v) is 11.8. The lowest BCUT2D eigenvalue weighted by Crippen LogP contribution is -2.53. The molecule has 37 heavy (non-hydrogen) atoms. The van der Waals surface area contributed by atoms with Crippen molar-refractivity contribution in [1.29, 1.82) is 0 Å². The van der Waals surface area contributed by atoms with Gasteiger partial charge in [0.05, 0.1) is 18.7 Å². The number of cyclic esters (lactones) is 1. The topological polar surface area (TPSA) is 139 Å². The first-order valence-corrected chi connectivity index (χ1v) is 14.5. The van der Waals surface area contributed by atoms with Crippen molar-refractivity contribution in [3.05, 3.63) is 28.2 Å². The molecule has 0 fully saturated rings. The van der Waals surface area contributed by atoms with Crippen LogP contribution in [-0.2, 0) is 30.5 Å². The molecule has 0 spiro atoms. The normalized spacial score (nSPS) is 25.9. The summed E-state index contributed by atoms with van der Waals surface area (Å²) in [4.78, 5) is 59.9. The van der Waals surface area contributed by atoms with Gasteiger partial charge in [0.15, 0.2) is 0 Å². The molecular formula is C24H33N5O5S3. The first kappa shape index (κ1) is 29.2. The van der Waals surface area contributed by atoms with Crippen molar-refractivity contribution in [2.45, 2.75) is 70.8 Å². The Morgan fingerprint density at radius 2 is 2.11 bits per heavy atom. The van der Waals surface area contributed by atoms with Crippen LogP contribution >= 0.6 is 35.7 Å². The number of aliphatic imine (C=N–C) groups is 1. The molecule has 3 rings (SSSR count). The quantitative estimate of drug-likeness (QED) is 0.234. The lowest BCUT2D eigenvalue weighted by atomic mass is 10.0. The highest BCUT2D eigenvalue weighted by molar-refractivity contribution is 8.14. The number of nitrogens with zero attached hydrogens (tertiary/aromatic N) is 2. The van der Waals surface area contributed by atoms with Crippen LogP contribution < -0.4 is 16.0 Å². The Kier molecular flexibility index (Phi) is 10.2. The first-order chi connectivity index (χ1) is 17.5. The summed E-state index contributed by atoms with van der Waals surface area (Å²) in [7, 11) is 0. The number of ether oxygens (including phenoxy) is 1. The second kappa shape index (κ2) is 12.9. The number of amides is 3. The molecule has 2 aliphatic rings. The Labute approximate surface area is 230 Å². The number of hydrogen-bond donors (Lipinski definition) is 4. The fraction of sp³-hybridized carbons (Fsp3) is 0.583. The smallest absolute Gasteiger partial charge is 0.329 e. The third-order valence-corrected chi connectivity index (χ3v) is 8.20. The highest BCUT2D eigenvalue weighted by atomic mass is 32.2. The number of fused-ring (bicyclic) bond motifs is 4. The zero-order valence-corrected chi connectivity index (χ0v) is 23.8. The molecule has 13 heteroatoms. The summed E-state index contributed by atoms with van der Waals surface area (Å²) in [6.07, 6.45) is 2.90. The molecule has 0 saturated heterocycles. The van der Waals surface area contributed by atoms with Gasteiger partial charge in [-0.2, -0.15) is 12.6 Å². The van der Waals surface area contributed by atoms with Gasteiger partial charge in [0.1, 0.15) is 33.4 Å². The van der Waals surface area contributed by atoms with Crippen LogP contribution in [0.3, 0.4) is 0 Å². The summed E-state index contributed by atoms with van der Waals surface area (Å²) < 4.78 is 5.71. The number of carbonyl (C=O) groups is 4. The molecule has 4 bridgehead atoms. The molecule has 2 unspecified atom stereocenters. The maximum atomic E-state index is 13.2. The van der Waals surface area contributed by atoms with Crippen molar-refractivity contribution in [3.63, 3.8) is 0 Å². The van der Waals surface area contributed by atoms with E-state index in [1.54, 1.807) is 19.1 Å². The summed E-state index contributed by atoms with van der Waals surface area (Å²) in [5, 5.41) is 11.7. The summed E-state index contributed by atoms with van der Waals surface area (Å²) in [6, 6.07) is -1.08. The first-order valence-electron chi connectivity index (χ1n) is 12.0. The second-order valence-electron chi connectivity index (χ2n) is 9.55. The van der Waals surface area contributed by atoms with E-state index in [-0.39, 0.29) is 48.4 Å². The number of thioether (sulfide) groups is 1. The van der Waals surface area contributed by atoms with Crippen LogP contribution in [0.2, 0.25) is 0 Å². The number of thiazole rings is 1. The Bertz CT molecular complexity index is 1090. The van der Waals surface area contributed by atoms with Gasteiger partial charge in [-0.3, -0.25) is 19.4 Å². The van der Waals surface area contributed by atoms with Crippen LogP contribution in [-0.4, -0.2) is 69.0 Å². The van der Waals surface area contributed by atoms with E-state index in [0.29, 0.717) is 27.9 Å². The van der Waals surface area contributed by atoms with Crippen molar-refractivity contribution in [2.75, 3.05) is 11.5 Å². The number of carbonyl (C=O) groups excluding carboxylic acids is 4. The summed E-state index contributed by atoms with van der Waals surface area (Å²) >= 11 is 6.79. The summed E-state index contributed by atoms with van der Waals surface area (Å²) in [6.45, 7) is 7.42. The maximum Gasteiger partial charge on any atom is 0.329 e. The molecule has 3 heterocycles. The van der Waals surface area contributed by atoms with Crippen molar-refractivity contribution < 1.29 is 23.9 Å². The van der Waals surface area contributed by atoms with Crippen LogP contribution in [0.1, 0.15) is 51.2 Å². The standard InChI is InChI=1S/C24H33N5O5S3/c1-13(2)20-22(32)34-15(7-5-6-14(3)26-18(31)10-35)8-17(30)25-9-19-27-16(11-36-19)21-29-24(4,12-37-21)23(33)28-20/h5,7,11,13-15,20,35H,6,8-10,12H2,1-4H3,(H,25,30)(H,26,31)(H,28,33)/b7-5+/t14?,15-,20?,24+/m1/s1. The monoisotopic (exact) mass is 567 g/mol. The van der Waals surface area contributed by atoms with Crippen molar-refractivity contribution in [2.24, 2.45) is 10.9 Å². The minimum atomic E-state index is -1.05. The van der Waals surface area contributed by atoms with Gasteiger partial charge in [-0.15, -0.1) is 23.1 Å². The molecule has 0 aromatic carbocycles. The zero-order chi connectivity index (χ0) is 27.2. The number of esters is 1. The molecular weight excluding hydrogens is 534 g/mol. The van der Waals surface area contributed by atoms with Gasteiger partial charge >= 0.3 is 5.97 Å². The van der Waals surface area contributed by atoms with Crippen molar-refractivity contribution in [1.82, 2.24) is 20.9 Å². The highest BCUT2D eigenvalue weighted by Gasteiger charge is 2.41. The molecule has 0 aliphatic carbocycles. The Hall–Kier alpha value is -2.38. The van der Waals surface area contributed by atoms with E-state index in [4.69, 9.17) is 4.74 Å². The molecule has 0 radical (unpaired) electrons. The zero-order valence-electron chi connectivity index (χ0n) is 21.3. The van der Waals surface area contributed by atoms with Crippen molar-refractivity contribution >= 4 is 64.5 Å². The Morgan fingerprint density at radius 3 is 2.81 bits per heavy atom. The lowest BCUT2D eigenvalue weighted by Gasteiger charge is -2.27. The van der Waals surface area contributed by atoms with Crippen LogP contribution in [0.15, 0.2) is 22.5 Å². The van der Waals surface area contributed by atoms with Crippen LogP contribution in [0, 0.1) is 5.92 Å². The SMILES string of the molecule is CC(C/C=C/[C@@H]1CC(=O)NCc2nc(cs2)C2=N[C@@](C)(CS2)C(=O)NC(C(C)C)C(=O)O1)NC(=O)CS. The van der Waals surface area contributed by atoms with E-state index < -0.39 is 23.7 Å². The van der Waals surface area contributed by atoms with E-state index in [9.17, 15) is 19.2 Å². The van der Waals surface area contributed by atoms with Gasteiger partial charge in [-0.1, -0.05) is 19.9 Å². The molecule has 2 aliphatic heterocycles. The fourth-order valence-electron chi connectivity index (χ4n) is 3.64. The Morgan fingerprint density at radius 1 is 1.35 bits per heavy atom. The van der Waals surface area contributed by atoms with Gasteiger partial charge in [0, 0.05) is 17.2 Å². The Balaban J connectivity index is 1.83. The summed E-state index contributed by atoms with van der Waals surface area (Å²) in [5.41, 5.74) is -0.377. The molecule has 3 N–H and O–H groups in total. The predicted octanol–water partition coefficient (Wildman–Crippen LogP) is 1.85. The molecule has 10 nitrogen and oxygen atoms in total. The molecule has 4 atom stereocenters. The maximum absolute atomic E-state index is 13.2. The molecule has 202 valence electrons. The number of thiol groups is 1.